The Bertz CT molecular complexity index is 351. The van der Waals surface area contributed by atoms with Gasteiger partial charge in [-0.1, -0.05) is 6.92 Å². The number of hydrogen-bond donors (Lipinski definition) is 0. The maximum atomic E-state index is 11.9. The Morgan fingerprint density at radius 1 is 1.44 bits per heavy atom. The van der Waals surface area contributed by atoms with Gasteiger partial charge in [-0.05, 0) is 19.3 Å². The van der Waals surface area contributed by atoms with Crippen LogP contribution in [0.5, 0.6) is 0 Å². The second-order valence-corrected chi connectivity index (χ2v) is 6.36. The normalized spacial score (nSPS) is 22.3. The summed E-state index contributed by atoms with van der Waals surface area (Å²) < 4.78 is 25.2. The topological polar surface area (TPSA) is 57.7 Å². The van der Waals surface area contributed by atoms with Crippen molar-refractivity contribution in [2.45, 2.75) is 32.2 Å². The van der Waals surface area contributed by atoms with Crippen molar-refractivity contribution >= 4 is 15.9 Å². The molecule has 5 nitrogen and oxygen atoms in total. The molecule has 0 saturated carbocycles. The molecule has 0 N–H and O–H groups in total. The third-order valence-electron chi connectivity index (χ3n) is 2.75. The van der Waals surface area contributed by atoms with E-state index < -0.39 is 16.1 Å². The van der Waals surface area contributed by atoms with Crippen molar-refractivity contribution in [3.05, 3.63) is 0 Å². The van der Waals surface area contributed by atoms with E-state index in [1.54, 1.807) is 14.1 Å². The highest BCUT2D eigenvalue weighted by Gasteiger charge is 2.38. The summed E-state index contributed by atoms with van der Waals surface area (Å²) in [4.78, 5) is 13.3. The van der Waals surface area contributed by atoms with Crippen molar-refractivity contribution in [2.24, 2.45) is 0 Å². The summed E-state index contributed by atoms with van der Waals surface area (Å²) in [5.41, 5.74) is 0. The fraction of sp³-hybridized carbons (Fsp3) is 0.900. The number of sulfonamides is 1. The first kappa shape index (κ1) is 13.4. The van der Waals surface area contributed by atoms with Crippen LogP contribution in [0.25, 0.3) is 0 Å². The summed E-state index contributed by atoms with van der Waals surface area (Å²) in [6.07, 6.45) is 1.99. The molecular weight excluding hydrogens is 228 g/mol. The molecular formula is C10H20N2O3S. The van der Waals surface area contributed by atoms with Crippen molar-refractivity contribution in [3.8, 4) is 0 Å². The predicted octanol–water partition coefficient (Wildman–Crippen LogP) is 0.279. The van der Waals surface area contributed by atoms with Crippen LogP contribution in [-0.2, 0) is 14.8 Å². The Kier molecular flexibility index (Phi) is 4.32. The van der Waals surface area contributed by atoms with E-state index in [2.05, 4.69) is 0 Å². The molecule has 0 aliphatic carbocycles. The Morgan fingerprint density at radius 2 is 2.06 bits per heavy atom. The lowest BCUT2D eigenvalue weighted by Crippen LogP contribution is -2.46. The molecule has 0 bridgehead atoms. The van der Waals surface area contributed by atoms with Gasteiger partial charge in [0, 0.05) is 20.6 Å². The molecule has 94 valence electrons. The van der Waals surface area contributed by atoms with E-state index in [0.717, 1.165) is 6.42 Å². The van der Waals surface area contributed by atoms with Gasteiger partial charge in [0.05, 0.1) is 5.75 Å². The average molecular weight is 248 g/mol. The van der Waals surface area contributed by atoms with Gasteiger partial charge in [0.15, 0.2) is 0 Å². The van der Waals surface area contributed by atoms with Gasteiger partial charge in [0.25, 0.3) is 0 Å². The molecule has 16 heavy (non-hydrogen) atoms. The maximum Gasteiger partial charge on any atom is 0.240 e. The smallest absolute Gasteiger partial charge is 0.240 e. The summed E-state index contributed by atoms with van der Waals surface area (Å²) in [7, 11) is 0.0641. The molecule has 0 aromatic carbocycles. The number of nitrogens with zero attached hydrogens (tertiary/aromatic N) is 2. The van der Waals surface area contributed by atoms with Crippen LogP contribution in [0.1, 0.15) is 26.2 Å². The van der Waals surface area contributed by atoms with Gasteiger partial charge < -0.3 is 4.90 Å². The van der Waals surface area contributed by atoms with E-state index in [1.807, 2.05) is 6.92 Å². The maximum absolute atomic E-state index is 11.9. The zero-order valence-corrected chi connectivity index (χ0v) is 11.0. The van der Waals surface area contributed by atoms with Crippen LogP contribution in [0.2, 0.25) is 0 Å². The molecule has 0 radical (unpaired) electrons. The zero-order valence-electron chi connectivity index (χ0n) is 10.1. The highest BCUT2D eigenvalue weighted by molar-refractivity contribution is 7.89. The Morgan fingerprint density at radius 3 is 2.56 bits per heavy atom. The van der Waals surface area contributed by atoms with Gasteiger partial charge in [-0.25, -0.2) is 8.42 Å². The van der Waals surface area contributed by atoms with Crippen LogP contribution in [-0.4, -0.2) is 56.0 Å². The number of rotatable bonds is 4. The first-order valence-corrected chi connectivity index (χ1v) is 7.21. The molecule has 1 amide bonds. The summed E-state index contributed by atoms with van der Waals surface area (Å²) >= 11 is 0. The Labute approximate surface area is 97.5 Å². The van der Waals surface area contributed by atoms with Gasteiger partial charge >= 0.3 is 0 Å². The lowest BCUT2D eigenvalue weighted by Gasteiger charge is -2.25. The molecule has 0 aromatic rings. The van der Waals surface area contributed by atoms with Gasteiger partial charge in [-0.15, -0.1) is 0 Å². The van der Waals surface area contributed by atoms with E-state index in [1.165, 1.54) is 9.21 Å². The summed E-state index contributed by atoms with van der Waals surface area (Å²) in [6.45, 7) is 2.31. The quantitative estimate of drug-likeness (QED) is 0.718. The zero-order chi connectivity index (χ0) is 12.3. The Balaban J connectivity index is 2.85. The van der Waals surface area contributed by atoms with Gasteiger partial charge in [-0.3, -0.25) is 4.79 Å². The summed E-state index contributed by atoms with van der Waals surface area (Å²) in [5.74, 6) is 0.0155. The van der Waals surface area contributed by atoms with Gasteiger partial charge in [0.2, 0.25) is 15.9 Å². The molecule has 1 saturated heterocycles. The molecule has 1 fully saturated rings. The van der Waals surface area contributed by atoms with Gasteiger partial charge in [-0.2, -0.15) is 4.31 Å². The van der Waals surface area contributed by atoms with Crippen LogP contribution >= 0.6 is 0 Å². The predicted molar refractivity (Wildman–Crippen MR) is 62.5 cm³/mol. The highest BCUT2D eigenvalue weighted by atomic mass is 32.2. The number of carbonyl (C=O) groups is 1. The first-order chi connectivity index (χ1) is 7.40. The van der Waals surface area contributed by atoms with Crippen LogP contribution in [0.4, 0.5) is 0 Å². The molecule has 1 aliphatic heterocycles. The van der Waals surface area contributed by atoms with E-state index in [4.69, 9.17) is 0 Å². The molecule has 1 unspecified atom stereocenters. The SMILES string of the molecule is CCCS(=O)(=O)N1CCCC1C(=O)N(C)C. The molecule has 1 rings (SSSR count). The second kappa shape index (κ2) is 5.14. The fourth-order valence-electron chi connectivity index (χ4n) is 1.99. The molecule has 0 aromatic heterocycles. The second-order valence-electron chi connectivity index (χ2n) is 4.32. The molecule has 1 atom stereocenters. The van der Waals surface area contributed by atoms with Crippen molar-refractivity contribution in [3.63, 3.8) is 0 Å². The Hall–Kier alpha value is -0.620. The van der Waals surface area contributed by atoms with Crippen LogP contribution < -0.4 is 0 Å². The number of hydrogen-bond acceptors (Lipinski definition) is 3. The number of amides is 1. The minimum Gasteiger partial charge on any atom is -0.347 e. The summed E-state index contributed by atoms with van der Waals surface area (Å²) in [6, 6.07) is -0.480. The van der Waals surface area contributed by atoms with Gasteiger partial charge in [0.1, 0.15) is 6.04 Å². The van der Waals surface area contributed by atoms with Crippen LogP contribution in [0.3, 0.4) is 0 Å². The van der Waals surface area contributed by atoms with E-state index in [0.29, 0.717) is 19.4 Å². The number of likely N-dealkylation sites (N-methyl/N-ethyl adjacent to an activating group) is 1. The molecule has 1 aliphatic rings. The van der Waals surface area contributed by atoms with E-state index in [-0.39, 0.29) is 11.7 Å². The van der Waals surface area contributed by atoms with E-state index >= 15 is 0 Å². The molecule has 0 spiro atoms. The standard InChI is InChI=1S/C10H20N2O3S/c1-4-8-16(14,15)12-7-5-6-9(12)10(13)11(2)3/h9H,4-8H2,1-3H3. The largest absolute Gasteiger partial charge is 0.347 e. The van der Waals surface area contributed by atoms with Crippen molar-refractivity contribution in [2.75, 3.05) is 26.4 Å². The van der Waals surface area contributed by atoms with E-state index in [9.17, 15) is 13.2 Å². The fourth-order valence-corrected chi connectivity index (χ4v) is 3.73. The summed E-state index contributed by atoms with van der Waals surface area (Å²) in [5, 5.41) is 0. The lowest BCUT2D eigenvalue weighted by atomic mass is 10.2. The molecule has 1 heterocycles. The average Bonchev–Trinajstić information content (AvgIpc) is 2.65. The third-order valence-corrected chi connectivity index (χ3v) is 4.82. The van der Waals surface area contributed by atoms with Crippen LogP contribution in [0, 0.1) is 0 Å². The monoisotopic (exact) mass is 248 g/mol. The van der Waals surface area contributed by atoms with Crippen LogP contribution in [0.15, 0.2) is 0 Å². The molecule has 6 heteroatoms. The lowest BCUT2D eigenvalue weighted by molar-refractivity contribution is -0.132. The van der Waals surface area contributed by atoms with Crippen molar-refractivity contribution in [1.29, 1.82) is 0 Å². The van der Waals surface area contributed by atoms with Crippen molar-refractivity contribution < 1.29 is 13.2 Å². The third kappa shape index (κ3) is 2.74. The minimum absolute atomic E-state index is 0.114. The number of carbonyl (C=O) groups excluding carboxylic acids is 1. The highest BCUT2D eigenvalue weighted by Crippen LogP contribution is 2.22. The first-order valence-electron chi connectivity index (χ1n) is 5.61. The van der Waals surface area contributed by atoms with Crippen molar-refractivity contribution in [1.82, 2.24) is 9.21 Å². The minimum atomic E-state index is -3.25.